The zero-order chi connectivity index (χ0) is 30.9. The van der Waals surface area contributed by atoms with E-state index in [2.05, 4.69) is 11.6 Å². The van der Waals surface area contributed by atoms with Gasteiger partial charge in [-0.15, -0.1) is 0 Å². The summed E-state index contributed by atoms with van der Waals surface area (Å²) >= 11 is 0. The van der Waals surface area contributed by atoms with Gasteiger partial charge in [-0.25, -0.2) is 4.68 Å². The Kier molecular flexibility index (Phi) is 6.68. The van der Waals surface area contributed by atoms with Gasteiger partial charge in [-0.3, -0.25) is 14.6 Å². The normalized spacial score (nSPS) is 21.5. The molecule has 4 heterocycles. The summed E-state index contributed by atoms with van der Waals surface area (Å²) in [6, 6.07) is 5.54. The predicted molar refractivity (Wildman–Crippen MR) is 152 cm³/mol. The average Bonchev–Trinajstić information content (AvgIpc) is 3.92. The number of nitrogens with zero attached hydrogens (tertiary/aromatic N) is 5. The molecule has 13 heteroatoms. The minimum Gasteiger partial charge on any atom is -0.506 e. The third-order valence-electron chi connectivity index (χ3n) is 8.80. The number of phenols is 1. The minimum atomic E-state index is -4.72. The first-order valence-corrected chi connectivity index (χ1v) is 14.7. The number of phenolic OH excluding ortho intramolecular Hbond substituents is 1. The lowest BCUT2D eigenvalue weighted by Gasteiger charge is -2.38. The van der Waals surface area contributed by atoms with Crippen molar-refractivity contribution in [2.75, 3.05) is 25.4 Å². The van der Waals surface area contributed by atoms with Crippen molar-refractivity contribution in [2.24, 2.45) is 0 Å². The van der Waals surface area contributed by atoms with Crippen LogP contribution in [-0.2, 0) is 22.1 Å². The quantitative estimate of drug-likeness (QED) is 0.396. The molecule has 2 fully saturated rings. The summed E-state index contributed by atoms with van der Waals surface area (Å²) in [5, 5.41) is 16.1. The van der Waals surface area contributed by atoms with Gasteiger partial charge in [-0.2, -0.15) is 18.3 Å². The van der Waals surface area contributed by atoms with Gasteiger partial charge in [0.2, 0.25) is 5.91 Å². The molecule has 44 heavy (non-hydrogen) atoms. The Balaban J connectivity index is 1.34. The first-order chi connectivity index (χ1) is 21.0. The molecule has 0 saturated heterocycles. The van der Waals surface area contributed by atoms with Crippen LogP contribution in [0.3, 0.4) is 0 Å². The van der Waals surface area contributed by atoms with E-state index in [1.807, 2.05) is 12.1 Å². The third-order valence-corrected chi connectivity index (χ3v) is 8.80. The van der Waals surface area contributed by atoms with Crippen LogP contribution in [-0.4, -0.2) is 67.2 Å². The Morgan fingerprint density at radius 2 is 1.91 bits per heavy atom. The number of rotatable bonds is 6. The number of carbonyl (C=O) groups is 2. The number of aromatic nitrogens is 3. The van der Waals surface area contributed by atoms with Crippen LogP contribution in [0.15, 0.2) is 43.1 Å². The number of carbonyl (C=O) groups excluding carboxylic acids is 2. The van der Waals surface area contributed by atoms with Crippen molar-refractivity contribution >= 4 is 17.5 Å². The first-order valence-electron chi connectivity index (χ1n) is 14.7. The molecule has 10 nitrogen and oxygen atoms in total. The van der Waals surface area contributed by atoms with Gasteiger partial charge in [-0.05, 0) is 61.4 Å². The highest BCUT2D eigenvalue weighted by atomic mass is 19.4. The number of benzene rings is 1. The topological polar surface area (TPSA) is 127 Å². The number of ether oxygens (including phenoxy) is 1. The van der Waals surface area contributed by atoms with Gasteiger partial charge < -0.3 is 25.4 Å². The largest absolute Gasteiger partial charge is 0.506 e. The molecule has 2 aromatic heterocycles. The Labute approximate surface area is 250 Å². The summed E-state index contributed by atoms with van der Waals surface area (Å²) in [7, 11) is 0. The van der Waals surface area contributed by atoms with Crippen LogP contribution in [0.1, 0.15) is 82.3 Å². The third kappa shape index (κ3) is 4.98. The van der Waals surface area contributed by atoms with Gasteiger partial charge >= 0.3 is 6.18 Å². The molecule has 2 atom stereocenters. The molecule has 0 bridgehead atoms. The molecule has 3 N–H and O–H groups in total. The Morgan fingerprint density at radius 3 is 2.55 bits per heavy atom. The molecule has 2 amide bonds. The van der Waals surface area contributed by atoms with Crippen LogP contribution >= 0.6 is 0 Å². The van der Waals surface area contributed by atoms with E-state index < -0.39 is 29.9 Å². The predicted octanol–water partition coefficient (Wildman–Crippen LogP) is 4.44. The van der Waals surface area contributed by atoms with Crippen LogP contribution in [0, 0.1) is 0 Å². The summed E-state index contributed by atoms with van der Waals surface area (Å²) in [4.78, 5) is 33.5. The second-order valence-corrected chi connectivity index (χ2v) is 11.9. The van der Waals surface area contributed by atoms with Crippen LogP contribution < -0.4 is 5.73 Å². The standard InChI is InChI=1S/C31H31F3N6O4/c1-2-27(42)38-14-23-28-22(9-10-39(23)30(43)19-13-36-26(12-20(19)35)31(32,33)34)40(37-29(28)25(15-38)44-18-6-7-18)21-8-5-17(11-24(21)41)16-3-4-16/h2,5,8,11-13,16,18,23,25,41H,1,3-4,6-7,9-10,14-15H2,(H2,35,36). The van der Waals surface area contributed by atoms with E-state index >= 15 is 0 Å². The van der Waals surface area contributed by atoms with Crippen molar-refractivity contribution in [3.63, 3.8) is 0 Å². The number of halogens is 3. The maximum atomic E-state index is 14.0. The van der Waals surface area contributed by atoms with Gasteiger partial charge in [0.05, 0.1) is 35.6 Å². The molecule has 2 saturated carbocycles. The summed E-state index contributed by atoms with van der Waals surface area (Å²) in [5.74, 6) is -0.424. The molecule has 1 aromatic carbocycles. The number of amides is 2. The van der Waals surface area contributed by atoms with Crippen molar-refractivity contribution in [1.29, 1.82) is 0 Å². The number of hydrogen-bond donors (Lipinski definition) is 2. The Bertz CT molecular complexity index is 1680. The number of anilines is 1. The van der Waals surface area contributed by atoms with E-state index in [0.717, 1.165) is 43.1 Å². The average molecular weight is 609 g/mol. The second-order valence-electron chi connectivity index (χ2n) is 11.9. The summed E-state index contributed by atoms with van der Waals surface area (Å²) in [5.41, 5.74) is 7.84. The van der Waals surface area contributed by atoms with E-state index in [1.165, 1.54) is 11.0 Å². The number of pyridine rings is 1. The summed E-state index contributed by atoms with van der Waals surface area (Å²) in [6.45, 7) is 4.04. The molecule has 0 spiro atoms. The molecule has 4 aliphatic rings. The lowest BCUT2D eigenvalue weighted by Crippen LogP contribution is -2.46. The smallest absolute Gasteiger partial charge is 0.433 e. The molecule has 7 rings (SSSR count). The van der Waals surface area contributed by atoms with Gasteiger partial charge in [0, 0.05) is 37.0 Å². The zero-order valence-electron chi connectivity index (χ0n) is 23.8. The number of alkyl halides is 3. The number of nitrogens with two attached hydrogens (primary N) is 1. The van der Waals surface area contributed by atoms with Gasteiger partial charge in [0.25, 0.3) is 5.91 Å². The number of aromatic hydroxyl groups is 1. The Morgan fingerprint density at radius 1 is 1.14 bits per heavy atom. The van der Waals surface area contributed by atoms with Crippen LogP contribution in [0.25, 0.3) is 5.69 Å². The van der Waals surface area contributed by atoms with Crippen molar-refractivity contribution < 1.29 is 32.6 Å². The van der Waals surface area contributed by atoms with Gasteiger partial charge in [-0.1, -0.05) is 12.6 Å². The number of nitrogen functional groups attached to an aromatic ring is 1. The molecule has 2 unspecified atom stereocenters. The van der Waals surface area contributed by atoms with E-state index in [9.17, 15) is 27.9 Å². The van der Waals surface area contributed by atoms with Crippen LogP contribution in [0.5, 0.6) is 5.75 Å². The zero-order valence-corrected chi connectivity index (χ0v) is 23.8. The van der Waals surface area contributed by atoms with Crippen LogP contribution in [0.2, 0.25) is 0 Å². The maximum absolute atomic E-state index is 14.0. The van der Waals surface area contributed by atoms with E-state index in [1.54, 1.807) is 15.6 Å². The second kappa shape index (κ2) is 10.4. The highest BCUT2D eigenvalue weighted by Crippen LogP contribution is 2.45. The monoisotopic (exact) mass is 608 g/mol. The van der Waals surface area contributed by atoms with Crippen LogP contribution in [0.4, 0.5) is 18.9 Å². The summed E-state index contributed by atoms with van der Waals surface area (Å²) in [6.07, 6.45) is 1.01. The molecule has 2 aliphatic heterocycles. The summed E-state index contributed by atoms with van der Waals surface area (Å²) < 4.78 is 47.9. The van der Waals surface area contributed by atoms with Crippen molar-refractivity contribution in [3.05, 3.63) is 76.9 Å². The molecular weight excluding hydrogens is 577 g/mol. The van der Waals surface area contributed by atoms with Crippen molar-refractivity contribution in [1.82, 2.24) is 24.6 Å². The molecule has 2 aliphatic carbocycles. The lowest BCUT2D eigenvalue weighted by molar-refractivity contribution is -0.141. The van der Waals surface area contributed by atoms with Gasteiger partial charge in [0.1, 0.15) is 23.2 Å². The molecule has 230 valence electrons. The molecule has 0 radical (unpaired) electrons. The fourth-order valence-corrected chi connectivity index (χ4v) is 6.27. The highest BCUT2D eigenvalue weighted by molar-refractivity contribution is 5.99. The SMILES string of the molecule is C=CC(=O)N1CC(OC2CC2)c2nn(-c3ccc(C4CC4)cc3O)c3c2C(C1)N(C(=O)c1cnc(C(F)(F)F)cc1N)CC3. The molecule has 3 aromatic rings. The van der Waals surface area contributed by atoms with E-state index in [0.29, 0.717) is 35.3 Å². The van der Waals surface area contributed by atoms with E-state index in [4.69, 9.17) is 15.6 Å². The van der Waals surface area contributed by atoms with Crippen molar-refractivity contribution in [3.8, 4) is 11.4 Å². The van der Waals surface area contributed by atoms with Crippen molar-refractivity contribution in [2.45, 2.75) is 62.4 Å². The first kappa shape index (κ1) is 28.4. The fourth-order valence-electron chi connectivity index (χ4n) is 6.27. The molecular formula is C31H31F3N6O4. The Hall–Kier alpha value is -4.39. The van der Waals surface area contributed by atoms with E-state index in [-0.39, 0.29) is 48.6 Å². The van der Waals surface area contributed by atoms with Gasteiger partial charge in [0.15, 0.2) is 0 Å². The number of hydrogen-bond acceptors (Lipinski definition) is 7. The minimum absolute atomic E-state index is 0.0172. The highest BCUT2D eigenvalue weighted by Gasteiger charge is 2.45. The fraction of sp³-hybridized carbons (Fsp3) is 0.419. The maximum Gasteiger partial charge on any atom is 0.433 e. The lowest BCUT2D eigenvalue weighted by atomic mass is 9.94.